The van der Waals surface area contributed by atoms with E-state index in [1.165, 1.54) is 13.1 Å². The Kier molecular flexibility index (Phi) is 5.60. The van der Waals surface area contributed by atoms with Gasteiger partial charge in [0, 0.05) is 18.7 Å². The summed E-state index contributed by atoms with van der Waals surface area (Å²) < 4.78 is 10.8. The smallest absolute Gasteiger partial charge is 0.261 e. The molecule has 1 aromatic rings. The van der Waals surface area contributed by atoms with Crippen molar-refractivity contribution in [3.8, 4) is 17.6 Å². The van der Waals surface area contributed by atoms with Gasteiger partial charge in [0.1, 0.15) is 23.1 Å². The summed E-state index contributed by atoms with van der Waals surface area (Å²) in [5.41, 5.74) is 0.672. The lowest BCUT2D eigenvalue weighted by molar-refractivity contribution is -0.116. The third-order valence-electron chi connectivity index (χ3n) is 2.48. The molecule has 20 heavy (non-hydrogen) atoms. The van der Waals surface area contributed by atoms with Crippen molar-refractivity contribution in [1.29, 1.82) is 5.26 Å². The fourth-order valence-electron chi connectivity index (χ4n) is 1.56. The van der Waals surface area contributed by atoms with Gasteiger partial charge in [-0.3, -0.25) is 4.79 Å². The fraction of sp³-hybridized carbons (Fsp3) is 0.333. The van der Waals surface area contributed by atoms with Crippen LogP contribution in [0.15, 0.2) is 23.8 Å². The molecule has 0 radical (unpaired) electrons. The summed E-state index contributed by atoms with van der Waals surface area (Å²) in [6.07, 6.45) is 1.47. The summed E-state index contributed by atoms with van der Waals surface area (Å²) in [6, 6.07) is 7.09. The number of nitriles is 1. The third-order valence-corrected chi connectivity index (χ3v) is 2.48. The van der Waals surface area contributed by atoms with Gasteiger partial charge in [0.25, 0.3) is 5.91 Å². The number of amides is 1. The molecule has 1 amide bonds. The molecule has 0 fully saturated rings. The lowest BCUT2D eigenvalue weighted by Gasteiger charge is -2.14. The van der Waals surface area contributed by atoms with Crippen LogP contribution in [0, 0.1) is 11.3 Å². The molecule has 1 aromatic carbocycles. The van der Waals surface area contributed by atoms with Crippen molar-refractivity contribution >= 4 is 12.0 Å². The van der Waals surface area contributed by atoms with Crippen molar-refractivity contribution in [2.45, 2.75) is 20.0 Å². The number of carbonyl (C=O) groups excluding carboxylic acids is 1. The molecular formula is C15H18N2O3. The van der Waals surface area contributed by atoms with Gasteiger partial charge in [-0.15, -0.1) is 0 Å². The van der Waals surface area contributed by atoms with E-state index in [0.717, 1.165) is 0 Å². The summed E-state index contributed by atoms with van der Waals surface area (Å²) in [6.45, 7) is 3.80. The molecule has 0 aliphatic carbocycles. The van der Waals surface area contributed by atoms with E-state index in [2.05, 4.69) is 5.32 Å². The SMILES string of the molecule is CNC(=O)/C(C#N)=C\c1ccc(OC)cc1OC(C)C. The third kappa shape index (κ3) is 4.02. The number of benzene rings is 1. The molecule has 0 saturated heterocycles. The lowest BCUT2D eigenvalue weighted by Crippen LogP contribution is -2.19. The van der Waals surface area contributed by atoms with E-state index in [1.54, 1.807) is 25.3 Å². The van der Waals surface area contributed by atoms with Gasteiger partial charge in [0.2, 0.25) is 0 Å². The summed E-state index contributed by atoms with van der Waals surface area (Å²) in [7, 11) is 3.04. The summed E-state index contributed by atoms with van der Waals surface area (Å²) in [5, 5.41) is 11.4. The summed E-state index contributed by atoms with van der Waals surface area (Å²) >= 11 is 0. The van der Waals surface area contributed by atoms with Crippen molar-refractivity contribution in [1.82, 2.24) is 5.32 Å². The van der Waals surface area contributed by atoms with Crippen LogP contribution in [0.5, 0.6) is 11.5 Å². The summed E-state index contributed by atoms with van der Waals surface area (Å²) in [5.74, 6) is 0.783. The number of nitrogens with zero attached hydrogens (tertiary/aromatic N) is 1. The van der Waals surface area contributed by atoms with E-state index in [-0.39, 0.29) is 11.7 Å². The Balaban J connectivity index is 3.26. The highest BCUT2D eigenvalue weighted by atomic mass is 16.5. The van der Waals surface area contributed by atoms with Crippen LogP contribution >= 0.6 is 0 Å². The average molecular weight is 274 g/mol. The molecule has 1 N–H and O–H groups in total. The van der Waals surface area contributed by atoms with Crippen molar-refractivity contribution in [3.05, 3.63) is 29.3 Å². The van der Waals surface area contributed by atoms with Gasteiger partial charge >= 0.3 is 0 Å². The standard InChI is InChI=1S/C15H18N2O3/c1-10(2)20-14-8-13(19-4)6-5-11(14)7-12(9-16)15(18)17-3/h5-8,10H,1-4H3,(H,17,18)/b12-7-. The Hall–Kier alpha value is -2.48. The topological polar surface area (TPSA) is 71.4 Å². The number of ether oxygens (including phenoxy) is 2. The first-order valence-corrected chi connectivity index (χ1v) is 6.20. The summed E-state index contributed by atoms with van der Waals surface area (Å²) in [4.78, 5) is 11.5. The minimum atomic E-state index is -0.432. The fourth-order valence-corrected chi connectivity index (χ4v) is 1.56. The molecule has 0 saturated carbocycles. The van der Waals surface area contributed by atoms with E-state index in [9.17, 15) is 4.79 Å². The zero-order valence-electron chi connectivity index (χ0n) is 12.1. The van der Waals surface area contributed by atoms with Crippen LogP contribution < -0.4 is 14.8 Å². The Morgan fingerprint density at radius 2 is 2.15 bits per heavy atom. The average Bonchev–Trinajstić information content (AvgIpc) is 2.44. The quantitative estimate of drug-likeness (QED) is 0.659. The molecule has 0 aliphatic rings. The molecule has 0 atom stereocenters. The van der Waals surface area contributed by atoms with E-state index in [1.807, 2.05) is 19.9 Å². The maximum Gasteiger partial charge on any atom is 0.261 e. The van der Waals surface area contributed by atoms with E-state index in [0.29, 0.717) is 17.1 Å². The highest BCUT2D eigenvalue weighted by molar-refractivity contribution is 6.01. The zero-order chi connectivity index (χ0) is 15.1. The molecule has 5 nitrogen and oxygen atoms in total. The van der Waals surface area contributed by atoms with Crippen LogP contribution in [0.4, 0.5) is 0 Å². The highest BCUT2D eigenvalue weighted by Crippen LogP contribution is 2.27. The van der Waals surface area contributed by atoms with Gasteiger partial charge in [0.15, 0.2) is 0 Å². The number of hydrogen-bond donors (Lipinski definition) is 1. The normalized spacial score (nSPS) is 10.9. The number of carbonyl (C=O) groups is 1. The first-order chi connectivity index (χ1) is 9.51. The Labute approximate surface area is 118 Å². The minimum absolute atomic E-state index is 0.0197. The number of nitrogens with one attached hydrogen (secondary N) is 1. The van der Waals surface area contributed by atoms with Crippen LogP contribution in [0.25, 0.3) is 6.08 Å². The van der Waals surface area contributed by atoms with Gasteiger partial charge in [0.05, 0.1) is 13.2 Å². The lowest BCUT2D eigenvalue weighted by atomic mass is 10.1. The molecule has 0 spiro atoms. The van der Waals surface area contributed by atoms with Gasteiger partial charge < -0.3 is 14.8 Å². The molecule has 0 heterocycles. The largest absolute Gasteiger partial charge is 0.497 e. The molecule has 0 unspecified atom stereocenters. The van der Waals surface area contributed by atoms with Crippen LogP contribution in [0.2, 0.25) is 0 Å². The number of likely N-dealkylation sites (N-methyl/N-ethyl adjacent to an activating group) is 1. The van der Waals surface area contributed by atoms with Crippen LogP contribution in [0.1, 0.15) is 19.4 Å². The molecule has 1 rings (SSSR count). The minimum Gasteiger partial charge on any atom is -0.497 e. The molecular weight excluding hydrogens is 256 g/mol. The van der Waals surface area contributed by atoms with Crippen molar-refractivity contribution in [2.75, 3.05) is 14.2 Å². The first-order valence-electron chi connectivity index (χ1n) is 6.20. The molecule has 5 heteroatoms. The second-order valence-corrected chi connectivity index (χ2v) is 4.32. The number of hydrogen-bond acceptors (Lipinski definition) is 4. The Morgan fingerprint density at radius 1 is 1.45 bits per heavy atom. The van der Waals surface area contributed by atoms with Crippen LogP contribution in [-0.2, 0) is 4.79 Å². The molecule has 106 valence electrons. The van der Waals surface area contributed by atoms with Gasteiger partial charge in [-0.1, -0.05) is 0 Å². The number of methoxy groups -OCH3 is 1. The van der Waals surface area contributed by atoms with Crippen molar-refractivity contribution < 1.29 is 14.3 Å². The van der Waals surface area contributed by atoms with Crippen molar-refractivity contribution in [3.63, 3.8) is 0 Å². The van der Waals surface area contributed by atoms with E-state index in [4.69, 9.17) is 14.7 Å². The van der Waals surface area contributed by atoms with Crippen LogP contribution in [0.3, 0.4) is 0 Å². The zero-order valence-corrected chi connectivity index (χ0v) is 12.1. The molecule has 0 bridgehead atoms. The predicted molar refractivity (Wildman–Crippen MR) is 76.4 cm³/mol. The maximum atomic E-state index is 11.5. The first kappa shape index (κ1) is 15.6. The highest BCUT2D eigenvalue weighted by Gasteiger charge is 2.11. The van der Waals surface area contributed by atoms with E-state index < -0.39 is 5.91 Å². The molecule has 0 aromatic heterocycles. The van der Waals surface area contributed by atoms with Gasteiger partial charge in [-0.25, -0.2) is 0 Å². The van der Waals surface area contributed by atoms with Crippen LogP contribution in [-0.4, -0.2) is 26.2 Å². The Bertz CT molecular complexity index is 557. The van der Waals surface area contributed by atoms with Crippen molar-refractivity contribution in [2.24, 2.45) is 0 Å². The number of rotatable bonds is 5. The van der Waals surface area contributed by atoms with E-state index >= 15 is 0 Å². The Morgan fingerprint density at radius 3 is 2.65 bits per heavy atom. The monoisotopic (exact) mass is 274 g/mol. The van der Waals surface area contributed by atoms with Gasteiger partial charge in [-0.05, 0) is 32.1 Å². The second-order valence-electron chi connectivity index (χ2n) is 4.32. The predicted octanol–water partition coefficient (Wildman–Crippen LogP) is 2.14. The molecule has 0 aliphatic heterocycles. The second kappa shape index (κ2) is 7.19. The van der Waals surface area contributed by atoms with Gasteiger partial charge in [-0.2, -0.15) is 5.26 Å². The maximum absolute atomic E-state index is 11.5.